The van der Waals surface area contributed by atoms with Gasteiger partial charge in [0.15, 0.2) is 11.4 Å². The number of hydrogen-bond acceptors (Lipinski definition) is 8. The van der Waals surface area contributed by atoms with E-state index in [1.807, 2.05) is 6.07 Å². The minimum Gasteiger partial charge on any atom is -0.496 e. The van der Waals surface area contributed by atoms with Gasteiger partial charge in [0.25, 0.3) is 15.9 Å². The summed E-state index contributed by atoms with van der Waals surface area (Å²) in [5.41, 5.74) is 1.27. The second-order valence-corrected chi connectivity index (χ2v) is 9.45. The van der Waals surface area contributed by atoms with Gasteiger partial charge in [0.05, 0.1) is 14.2 Å². The summed E-state index contributed by atoms with van der Waals surface area (Å²) < 4.78 is 44.6. The first kappa shape index (κ1) is 23.4. The van der Waals surface area contributed by atoms with Crippen LogP contribution in [0.15, 0.2) is 45.8 Å². The smallest absolute Gasteiger partial charge is 0.295 e. The van der Waals surface area contributed by atoms with Crippen molar-refractivity contribution in [3.05, 3.63) is 42.0 Å². The third-order valence-corrected chi connectivity index (χ3v) is 6.93. The molecule has 1 aliphatic rings. The highest BCUT2D eigenvalue weighted by atomic mass is 32.2. The normalized spacial score (nSPS) is 16.2. The number of sulfonamides is 1. The Hall–Kier alpha value is -3.75. The molecule has 0 radical (unpaired) electrons. The first-order valence-corrected chi connectivity index (χ1v) is 11.9. The number of nitrogens with one attached hydrogen (secondary N) is 2. The molecule has 0 aliphatic carbocycles. The van der Waals surface area contributed by atoms with Crippen molar-refractivity contribution >= 4 is 32.7 Å². The molecule has 1 unspecified atom stereocenters. The predicted octanol–water partition coefficient (Wildman–Crippen LogP) is 1.97. The highest BCUT2D eigenvalue weighted by Gasteiger charge is 2.26. The van der Waals surface area contributed by atoms with Gasteiger partial charge in [-0.1, -0.05) is 17.3 Å². The first-order valence-electron chi connectivity index (χ1n) is 10.5. The van der Waals surface area contributed by atoms with Gasteiger partial charge in [-0.2, -0.15) is 0 Å². The van der Waals surface area contributed by atoms with Crippen LogP contribution in [0.4, 0.5) is 5.82 Å². The largest absolute Gasteiger partial charge is 0.496 e. The maximum Gasteiger partial charge on any atom is 0.295 e. The zero-order valence-electron chi connectivity index (χ0n) is 18.7. The zero-order chi connectivity index (χ0) is 24.3. The van der Waals surface area contributed by atoms with Gasteiger partial charge in [-0.25, -0.2) is 8.42 Å². The minimum absolute atomic E-state index is 0.00422. The molecule has 1 saturated heterocycles. The van der Waals surface area contributed by atoms with Gasteiger partial charge in [-0.3, -0.25) is 14.4 Å². The zero-order valence-corrected chi connectivity index (χ0v) is 19.5. The molecular formula is C23H24N4O6S. The van der Waals surface area contributed by atoms with Crippen LogP contribution in [0, 0.1) is 12.3 Å². The monoisotopic (exact) mass is 484 g/mol. The number of ether oxygens (including phenoxy) is 2. The van der Waals surface area contributed by atoms with E-state index in [1.54, 1.807) is 24.3 Å². The van der Waals surface area contributed by atoms with E-state index in [4.69, 9.17) is 20.4 Å². The third-order valence-electron chi connectivity index (χ3n) is 5.55. The summed E-state index contributed by atoms with van der Waals surface area (Å²) in [5, 5.41) is 7.14. The molecule has 0 bridgehead atoms. The summed E-state index contributed by atoms with van der Waals surface area (Å²) in [4.78, 5) is 13.6. The van der Waals surface area contributed by atoms with Crippen LogP contribution in [0.25, 0.3) is 11.0 Å². The number of aromatic nitrogens is 1. The Bertz CT molecular complexity index is 1360. The van der Waals surface area contributed by atoms with Crippen LogP contribution >= 0.6 is 0 Å². The molecule has 4 rings (SSSR count). The number of terminal acetylenes is 1. The SMILES string of the molecule is C#CC(=O)NC1CCN(Cc2cc(OC)c3c(NS(=O)(=O)c4ccccc4OC)noc3c2)C1. The van der Waals surface area contributed by atoms with Crippen molar-refractivity contribution in [2.45, 2.75) is 23.9 Å². The number of amides is 1. The van der Waals surface area contributed by atoms with E-state index in [0.717, 1.165) is 18.5 Å². The van der Waals surface area contributed by atoms with Gasteiger partial charge in [0.1, 0.15) is 21.8 Å². The van der Waals surface area contributed by atoms with Gasteiger partial charge >= 0.3 is 0 Å². The van der Waals surface area contributed by atoms with Crippen molar-refractivity contribution in [3.63, 3.8) is 0 Å². The molecule has 34 heavy (non-hydrogen) atoms. The fraction of sp³-hybridized carbons (Fsp3) is 0.304. The lowest BCUT2D eigenvalue weighted by Crippen LogP contribution is -2.36. The molecule has 1 fully saturated rings. The number of nitrogens with zero attached hydrogens (tertiary/aromatic N) is 2. The van der Waals surface area contributed by atoms with E-state index in [0.29, 0.717) is 29.8 Å². The average Bonchev–Trinajstić information content (AvgIpc) is 3.44. The van der Waals surface area contributed by atoms with E-state index in [1.165, 1.54) is 20.3 Å². The fourth-order valence-corrected chi connectivity index (χ4v) is 5.19. The van der Waals surface area contributed by atoms with E-state index in [2.05, 4.69) is 26.0 Å². The lowest BCUT2D eigenvalue weighted by Gasteiger charge is -2.17. The quantitative estimate of drug-likeness (QED) is 0.465. The van der Waals surface area contributed by atoms with Gasteiger partial charge in [0.2, 0.25) is 0 Å². The van der Waals surface area contributed by atoms with E-state index in [9.17, 15) is 13.2 Å². The number of anilines is 1. The number of fused-ring (bicyclic) bond motifs is 1. The molecule has 0 spiro atoms. The molecule has 1 aliphatic heterocycles. The highest BCUT2D eigenvalue weighted by molar-refractivity contribution is 7.92. The van der Waals surface area contributed by atoms with Crippen LogP contribution in [0.5, 0.6) is 11.5 Å². The number of para-hydroxylation sites is 1. The van der Waals surface area contributed by atoms with Crippen LogP contribution in [0.2, 0.25) is 0 Å². The summed E-state index contributed by atoms with van der Waals surface area (Å²) in [6.07, 6.45) is 5.92. The number of carbonyl (C=O) groups excluding carboxylic acids is 1. The summed E-state index contributed by atoms with van der Waals surface area (Å²) in [5.74, 6) is 2.29. The Balaban J connectivity index is 1.57. The van der Waals surface area contributed by atoms with Crippen molar-refractivity contribution < 1.29 is 27.2 Å². The Kier molecular flexibility index (Phi) is 6.63. The Morgan fingerprint density at radius 1 is 1.26 bits per heavy atom. The summed E-state index contributed by atoms with van der Waals surface area (Å²) in [7, 11) is -1.11. The lowest BCUT2D eigenvalue weighted by atomic mass is 10.1. The molecule has 3 aromatic rings. The van der Waals surface area contributed by atoms with Crippen LogP contribution in [0.3, 0.4) is 0 Å². The molecule has 11 heteroatoms. The second-order valence-electron chi connectivity index (χ2n) is 7.80. The molecule has 178 valence electrons. The number of hydrogen-bond donors (Lipinski definition) is 2. The number of rotatable bonds is 8. The number of likely N-dealkylation sites (tertiary alicyclic amines) is 1. The topological polar surface area (TPSA) is 123 Å². The van der Waals surface area contributed by atoms with Crippen LogP contribution in [-0.2, 0) is 21.4 Å². The van der Waals surface area contributed by atoms with Crippen molar-refractivity contribution in [2.24, 2.45) is 0 Å². The maximum absolute atomic E-state index is 13.0. The summed E-state index contributed by atoms with van der Waals surface area (Å²) in [6.45, 7) is 2.03. The van der Waals surface area contributed by atoms with Crippen molar-refractivity contribution in [3.8, 4) is 23.8 Å². The molecule has 1 aromatic heterocycles. The van der Waals surface area contributed by atoms with E-state index < -0.39 is 15.9 Å². The predicted molar refractivity (Wildman–Crippen MR) is 125 cm³/mol. The highest BCUT2D eigenvalue weighted by Crippen LogP contribution is 2.36. The number of benzene rings is 2. The van der Waals surface area contributed by atoms with Gasteiger partial charge in [-0.05, 0) is 42.2 Å². The molecule has 2 N–H and O–H groups in total. The van der Waals surface area contributed by atoms with Crippen LogP contribution in [0.1, 0.15) is 12.0 Å². The van der Waals surface area contributed by atoms with Gasteiger partial charge in [-0.15, -0.1) is 6.42 Å². The minimum atomic E-state index is -4.00. The molecule has 1 amide bonds. The Morgan fingerprint density at radius 3 is 2.76 bits per heavy atom. The van der Waals surface area contributed by atoms with E-state index in [-0.39, 0.29) is 22.5 Å². The van der Waals surface area contributed by atoms with Crippen molar-refractivity contribution in [1.82, 2.24) is 15.4 Å². The van der Waals surface area contributed by atoms with Crippen molar-refractivity contribution in [1.29, 1.82) is 0 Å². The molecule has 2 heterocycles. The maximum atomic E-state index is 13.0. The fourth-order valence-electron chi connectivity index (χ4n) is 4.01. The summed E-state index contributed by atoms with van der Waals surface area (Å²) in [6, 6.07) is 9.88. The molecule has 10 nitrogen and oxygen atoms in total. The van der Waals surface area contributed by atoms with Gasteiger partial charge in [0, 0.05) is 25.7 Å². The number of carbonyl (C=O) groups is 1. The third kappa shape index (κ3) is 4.78. The number of methoxy groups -OCH3 is 2. The Morgan fingerprint density at radius 2 is 2.03 bits per heavy atom. The van der Waals surface area contributed by atoms with Crippen molar-refractivity contribution in [2.75, 3.05) is 32.0 Å². The second kappa shape index (κ2) is 9.62. The van der Waals surface area contributed by atoms with Gasteiger partial charge < -0.3 is 19.3 Å². The van der Waals surface area contributed by atoms with E-state index >= 15 is 0 Å². The molecule has 0 saturated carbocycles. The standard InChI is InChI=1S/C23H24N4O6S/c1-4-21(28)24-16-9-10-27(14-16)13-15-11-18(32-3)22-19(12-15)33-25-23(22)26-34(29,30)20-8-6-5-7-17(20)31-2/h1,5-8,11-12,16H,9-10,13-14H2,2-3H3,(H,24,28)(H,25,26). The van der Waals surface area contributed by atoms with Crippen LogP contribution < -0.4 is 19.5 Å². The average molecular weight is 485 g/mol. The molecule has 1 atom stereocenters. The Labute approximate surface area is 197 Å². The lowest BCUT2D eigenvalue weighted by molar-refractivity contribution is -0.116. The molecular weight excluding hydrogens is 460 g/mol. The van der Waals surface area contributed by atoms with Crippen LogP contribution in [-0.4, -0.2) is 57.7 Å². The molecule has 2 aromatic carbocycles. The summed E-state index contributed by atoms with van der Waals surface area (Å²) >= 11 is 0. The first-order chi connectivity index (χ1) is 16.3.